The lowest BCUT2D eigenvalue weighted by atomic mass is 10.0. The number of nitrogen functional groups attached to an aromatic ring is 1. The number of fused-ring (bicyclic) bond motifs is 1. The van der Waals surface area contributed by atoms with Crippen molar-refractivity contribution in [2.45, 2.75) is 69.8 Å². The van der Waals surface area contributed by atoms with E-state index in [2.05, 4.69) is 15.1 Å². The summed E-state index contributed by atoms with van der Waals surface area (Å²) in [5, 5.41) is 2.67. The Balaban J connectivity index is 1.09. The van der Waals surface area contributed by atoms with Crippen LogP contribution in [0.15, 0.2) is 36.4 Å². The highest BCUT2D eigenvalue weighted by atomic mass is 35.5. The largest absolute Gasteiger partial charge is 0.465 e. The van der Waals surface area contributed by atoms with E-state index < -0.39 is 35.5 Å². The molecule has 300 valence electrons. The van der Waals surface area contributed by atoms with Crippen molar-refractivity contribution >= 4 is 47.0 Å². The maximum absolute atomic E-state index is 14.1. The number of alkyl halides is 3. The maximum Gasteiger partial charge on any atom is 0.418 e. The van der Waals surface area contributed by atoms with Crippen molar-refractivity contribution < 1.29 is 41.8 Å². The van der Waals surface area contributed by atoms with Gasteiger partial charge in [0.2, 0.25) is 0 Å². The monoisotopic (exact) mass is 791 g/mol. The summed E-state index contributed by atoms with van der Waals surface area (Å²) >= 11 is 6.13. The van der Waals surface area contributed by atoms with Crippen molar-refractivity contribution in [3.8, 4) is 0 Å². The molecule has 6 rings (SSSR count). The number of urea groups is 1. The lowest BCUT2D eigenvalue weighted by Crippen LogP contribution is -2.57. The highest BCUT2D eigenvalue weighted by Gasteiger charge is 2.38. The van der Waals surface area contributed by atoms with Crippen LogP contribution in [-0.4, -0.2) is 139 Å². The van der Waals surface area contributed by atoms with Crippen LogP contribution < -0.4 is 11.1 Å². The van der Waals surface area contributed by atoms with E-state index in [9.17, 15) is 32.3 Å². The number of amides is 4. The Morgan fingerprint density at radius 3 is 2.27 bits per heavy atom. The number of piperidine rings is 2. The van der Waals surface area contributed by atoms with Gasteiger partial charge in [0.1, 0.15) is 0 Å². The van der Waals surface area contributed by atoms with Crippen LogP contribution in [-0.2, 0) is 38.1 Å². The maximum atomic E-state index is 14.1. The Bertz CT molecular complexity index is 1710. The molecule has 3 N–H and O–H groups in total. The number of nitrogens with one attached hydrogen (secondary N) is 1. The number of esters is 1. The molecule has 3 saturated heterocycles. The average Bonchev–Trinajstić information content (AvgIpc) is 3.33. The lowest BCUT2D eigenvalue weighted by Gasteiger charge is -2.43. The fourth-order valence-electron chi connectivity index (χ4n) is 8.06. The Kier molecular flexibility index (Phi) is 13.0. The number of halogens is 4. The molecule has 1 atom stereocenters. The van der Waals surface area contributed by atoms with Gasteiger partial charge in [0.05, 0.1) is 29.4 Å². The average molecular weight is 792 g/mol. The number of para-hydroxylation sites is 1. The van der Waals surface area contributed by atoms with Crippen molar-refractivity contribution in [1.29, 1.82) is 0 Å². The molecule has 4 heterocycles. The summed E-state index contributed by atoms with van der Waals surface area (Å²) in [6.07, 6.45) is -3.90. The Morgan fingerprint density at radius 2 is 1.60 bits per heavy atom. The molecule has 4 aliphatic rings. The molecule has 55 heavy (non-hydrogen) atoms. The van der Waals surface area contributed by atoms with Crippen LogP contribution in [0.5, 0.6) is 0 Å². The fraction of sp³-hybridized carbons (Fsp3) is 0.579. The van der Waals surface area contributed by atoms with Gasteiger partial charge in [-0.2, -0.15) is 13.2 Å². The van der Waals surface area contributed by atoms with Crippen molar-refractivity contribution in [2.75, 3.05) is 83.1 Å². The number of nitrogens with zero attached hydrogens (tertiary/aromatic N) is 5. The second-order valence-electron chi connectivity index (χ2n) is 14.5. The summed E-state index contributed by atoms with van der Waals surface area (Å²) in [4.78, 5) is 62.0. The normalized spacial score (nSPS) is 20.0. The molecule has 0 saturated carbocycles. The smallest absolute Gasteiger partial charge is 0.418 e. The standard InChI is InChI=1S/C38H49ClF3N7O6/c1-2-54-33(50)24-45-12-8-27(9-13-45)46-17-19-47(20-18-46)35(51)32(23-25-21-29(38(40,41)42)34(43)30(39)22-25)55-37(53)48-14-10-28(11-15-48)49-16-7-26-5-3-4-6-31(26)44-36(49)52/h3-6,21-22,27-28,32H,2,7-20,23-24,43H2,1H3,(H,44,52)/t32-/m0/s1. The van der Waals surface area contributed by atoms with Crippen LogP contribution in [0.3, 0.4) is 0 Å². The second-order valence-corrected chi connectivity index (χ2v) is 14.9. The van der Waals surface area contributed by atoms with E-state index in [-0.39, 0.29) is 60.7 Å². The minimum Gasteiger partial charge on any atom is -0.465 e. The van der Waals surface area contributed by atoms with E-state index in [1.165, 1.54) is 11.0 Å². The first kappa shape index (κ1) is 40.4. The SMILES string of the molecule is CCOC(=O)CN1CCC(N2CCN(C(=O)[C@H](Cc3cc(Cl)c(N)c(C(F)(F)F)c3)OC(=O)N3CCC(N4CCc5ccccc5NC4=O)CC3)CC2)CC1. The number of benzene rings is 2. The second kappa shape index (κ2) is 17.7. The van der Waals surface area contributed by atoms with E-state index in [1.807, 2.05) is 24.3 Å². The first-order valence-electron chi connectivity index (χ1n) is 19.0. The molecule has 3 fully saturated rings. The number of anilines is 2. The van der Waals surface area contributed by atoms with Gasteiger partial charge in [-0.05, 0) is 68.4 Å². The Hall–Kier alpha value is -4.28. The van der Waals surface area contributed by atoms with Crippen molar-refractivity contribution in [1.82, 2.24) is 24.5 Å². The molecular weight excluding hydrogens is 743 g/mol. The van der Waals surface area contributed by atoms with E-state index in [0.29, 0.717) is 58.6 Å². The van der Waals surface area contributed by atoms with Crippen LogP contribution in [0.2, 0.25) is 5.02 Å². The number of hydrogen-bond acceptors (Lipinski definition) is 9. The summed E-state index contributed by atoms with van der Waals surface area (Å²) in [5.41, 5.74) is 5.81. The van der Waals surface area contributed by atoms with E-state index in [0.717, 1.165) is 43.2 Å². The number of piperazine rings is 1. The topological polar surface area (TPSA) is 141 Å². The molecule has 17 heteroatoms. The number of ether oxygens (including phenoxy) is 2. The van der Waals surface area contributed by atoms with Crippen molar-refractivity contribution in [3.63, 3.8) is 0 Å². The number of carbonyl (C=O) groups excluding carboxylic acids is 4. The molecule has 13 nitrogen and oxygen atoms in total. The quantitative estimate of drug-likeness (QED) is 0.273. The van der Waals surface area contributed by atoms with Crippen molar-refractivity contribution in [2.24, 2.45) is 0 Å². The van der Waals surface area contributed by atoms with E-state index in [1.54, 1.807) is 16.7 Å². The predicted octanol–water partition coefficient (Wildman–Crippen LogP) is 4.72. The molecule has 0 unspecified atom stereocenters. The van der Waals surface area contributed by atoms with Gasteiger partial charge < -0.3 is 35.2 Å². The van der Waals surface area contributed by atoms with Gasteiger partial charge in [-0.15, -0.1) is 0 Å². The van der Waals surface area contributed by atoms with E-state index >= 15 is 0 Å². The van der Waals surface area contributed by atoms with Gasteiger partial charge in [-0.1, -0.05) is 29.8 Å². The van der Waals surface area contributed by atoms with Crippen LogP contribution in [0.4, 0.5) is 34.1 Å². The van der Waals surface area contributed by atoms with Gasteiger partial charge in [-0.3, -0.25) is 19.4 Å². The summed E-state index contributed by atoms with van der Waals surface area (Å²) in [6.45, 7) is 6.79. The first-order chi connectivity index (χ1) is 26.3. The van der Waals surface area contributed by atoms with Gasteiger partial charge >= 0.3 is 24.3 Å². The minimum absolute atomic E-state index is 0.0535. The third-order valence-electron chi connectivity index (χ3n) is 11.1. The third kappa shape index (κ3) is 9.94. The van der Waals surface area contributed by atoms with Crippen LogP contribution in [0.1, 0.15) is 49.3 Å². The molecule has 2 aromatic rings. The van der Waals surface area contributed by atoms with Gasteiger partial charge in [0.25, 0.3) is 5.91 Å². The summed E-state index contributed by atoms with van der Waals surface area (Å²) < 4.78 is 52.5. The summed E-state index contributed by atoms with van der Waals surface area (Å²) in [6, 6.07) is 9.74. The highest BCUT2D eigenvalue weighted by Crippen LogP contribution is 2.38. The number of likely N-dealkylation sites (tertiary alicyclic amines) is 2. The Labute approximate surface area is 323 Å². The minimum atomic E-state index is -4.79. The predicted molar refractivity (Wildman–Crippen MR) is 200 cm³/mol. The molecule has 0 aromatic heterocycles. The first-order valence-corrected chi connectivity index (χ1v) is 19.4. The zero-order valence-corrected chi connectivity index (χ0v) is 31.7. The number of hydrogen-bond donors (Lipinski definition) is 2. The summed E-state index contributed by atoms with van der Waals surface area (Å²) in [7, 11) is 0. The number of carbonyl (C=O) groups is 4. The molecule has 0 bridgehead atoms. The van der Waals surface area contributed by atoms with Crippen LogP contribution in [0, 0.1) is 0 Å². The van der Waals surface area contributed by atoms with Gasteiger partial charge in [0.15, 0.2) is 6.10 Å². The lowest BCUT2D eigenvalue weighted by molar-refractivity contribution is -0.145. The molecule has 4 aliphatic heterocycles. The van der Waals surface area contributed by atoms with Crippen LogP contribution in [0.25, 0.3) is 0 Å². The fourth-order valence-corrected chi connectivity index (χ4v) is 8.30. The molecule has 4 amide bonds. The molecular formula is C38H49ClF3N7O6. The number of rotatable bonds is 9. The zero-order chi connectivity index (χ0) is 39.3. The van der Waals surface area contributed by atoms with Crippen molar-refractivity contribution in [3.05, 3.63) is 58.1 Å². The molecule has 2 aromatic carbocycles. The number of nitrogens with two attached hydrogens (primary N) is 1. The molecule has 0 aliphatic carbocycles. The third-order valence-corrected chi connectivity index (χ3v) is 11.4. The summed E-state index contributed by atoms with van der Waals surface area (Å²) in [5.74, 6) is -0.744. The van der Waals surface area contributed by atoms with Crippen LogP contribution >= 0.6 is 11.6 Å². The van der Waals surface area contributed by atoms with Gasteiger partial charge in [-0.25, -0.2) is 9.59 Å². The Morgan fingerprint density at radius 1 is 0.927 bits per heavy atom. The molecule has 0 radical (unpaired) electrons. The highest BCUT2D eigenvalue weighted by molar-refractivity contribution is 6.33. The molecule has 0 spiro atoms. The van der Waals surface area contributed by atoms with E-state index in [4.69, 9.17) is 26.8 Å². The zero-order valence-electron chi connectivity index (χ0n) is 31.0. The van der Waals surface area contributed by atoms with Gasteiger partial charge in [0, 0.05) is 83.1 Å².